The summed E-state index contributed by atoms with van der Waals surface area (Å²) in [5.41, 5.74) is 1.30. The lowest BCUT2D eigenvalue weighted by Crippen LogP contribution is -2.52. The first-order valence-corrected chi connectivity index (χ1v) is 10.4. The number of aromatic hydroxyl groups is 1. The van der Waals surface area contributed by atoms with E-state index in [9.17, 15) is 29.7 Å². The van der Waals surface area contributed by atoms with Crippen LogP contribution in [0.1, 0.15) is 60.7 Å². The van der Waals surface area contributed by atoms with Gasteiger partial charge in [-0.3, -0.25) is 14.4 Å². The number of Topliss-reactive ketones (excluding diaryl/α,β-unsaturated/α-hetero) is 3. The highest BCUT2D eigenvalue weighted by Gasteiger charge is 2.56. The fraction of sp³-hybridized carbons (Fsp3) is 0.400. The first-order chi connectivity index (χ1) is 14.4. The number of fused-ring (bicyclic) bond motifs is 3. The normalized spacial score (nSPS) is 27.6. The molecule has 3 atom stereocenters. The lowest BCUT2D eigenvalue weighted by Gasteiger charge is -2.48. The van der Waals surface area contributed by atoms with Crippen LogP contribution in [0.5, 0.6) is 5.75 Å². The van der Waals surface area contributed by atoms with Gasteiger partial charge in [-0.15, -0.1) is 0 Å². The Labute approximate surface area is 180 Å². The van der Waals surface area contributed by atoms with Gasteiger partial charge in [0.25, 0.3) is 0 Å². The molecule has 3 aliphatic carbocycles. The van der Waals surface area contributed by atoms with Gasteiger partial charge in [-0.1, -0.05) is 12.2 Å². The third-order valence-electron chi connectivity index (χ3n) is 7.18. The second kappa shape index (κ2) is 6.76. The van der Waals surface area contributed by atoms with E-state index in [1.807, 2.05) is 13.0 Å². The SMILES string of the molecule is C=C(C)c1cc(C)c(O)c2c1C[C@@H]1C[C@@H]3CC(=O)C(C(C)=O)=C(O)[C@]3(O)C(C)=C1C2=O. The molecule has 0 aliphatic heterocycles. The van der Waals surface area contributed by atoms with E-state index < -0.39 is 40.2 Å². The summed E-state index contributed by atoms with van der Waals surface area (Å²) in [5.74, 6) is -3.18. The van der Waals surface area contributed by atoms with Crippen LogP contribution in [0, 0.1) is 18.8 Å². The fourth-order valence-electron chi connectivity index (χ4n) is 5.67. The van der Waals surface area contributed by atoms with Gasteiger partial charge in [-0.25, -0.2) is 0 Å². The highest BCUT2D eigenvalue weighted by Crippen LogP contribution is 2.53. The number of hydrogen-bond donors (Lipinski definition) is 3. The average Bonchev–Trinajstić information content (AvgIpc) is 2.66. The number of aliphatic hydroxyl groups is 2. The largest absolute Gasteiger partial charge is 0.508 e. The van der Waals surface area contributed by atoms with Crippen LogP contribution in [0.2, 0.25) is 0 Å². The van der Waals surface area contributed by atoms with Crippen LogP contribution in [0.25, 0.3) is 5.57 Å². The van der Waals surface area contributed by atoms with E-state index >= 15 is 0 Å². The molecule has 4 rings (SSSR count). The number of aryl methyl sites for hydroxylation is 1. The van der Waals surface area contributed by atoms with E-state index in [-0.39, 0.29) is 29.2 Å². The molecule has 3 N–H and O–H groups in total. The predicted molar refractivity (Wildman–Crippen MR) is 115 cm³/mol. The minimum atomic E-state index is -1.95. The Morgan fingerprint density at radius 3 is 2.39 bits per heavy atom. The van der Waals surface area contributed by atoms with E-state index in [0.717, 1.165) is 16.7 Å². The van der Waals surface area contributed by atoms with E-state index in [0.29, 0.717) is 24.0 Å². The van der Waals surface area contributed by atoms with E-state index in [1.165, 1.54) is 6.92 Å². The van der Waals surface area contributed by atoms with Crippen molar-refractivity contribution in [2.45, 2.75) is 52.6 Å². The van der Waals surface area contributed by atoms with Crippen LogP contribution in [0.15, 0.2) is 35.1 Å². The maximum Gasteiger partial charge on any atom is 0.193 e. The van der Waals surface area contributed by atoms with E-state index in [1.54, 1.807) is 13.8 Å². The Bertz CT molecular complexity index is 1160. The number of allylic oxidation sites excluding steroid dienone is 3. The lowest BCUT2D eigenvalue weighted by atomic mass is 9.58. The summed E-state index contributed by atoms with van der Waals surface area (Å²) in [5, 5.41) is 33.1. The van der Waals surface area contributed by atoms with Crippen molar-refractivity contribution < 1.29 is 29.7 Å². The van der Waals surface area contributed by atoms with Gasteiger partial charge in [0, 0.05) is 17.9 Å². The summed E-state index contributed by atoms with van der Waals surface area (Å²) in [6, 6.07) is 1.82. The number of phenolic OH excluding ortho intramolecular Hbond substituents is 1. The molecular formula is C25H26O6. The number of carbonyl (C=O) groups is 3. The molecule has 0 aromatic heterocycles. The van der Waals surface area contributed by atoms with Gasteiger partial charge in [0.1, 0.15) is 22.7 Å². The molecule has 6 heteroatoms. The summed E-state index contributed by atoms with van der Waals surface area (Å²) in [4.78, 5) is 38.1. The predicted octanol–water partition coefficient (Wildman–Crippen LogP) is 3.53. The summed E-state index contributed by atoms with van der Waals surface area (Å²) in [6.07, 6.45) is 0.679. The van der Waals surface area contributed by atoms with Gasteiger partial charge >= 0.3 is 0 Å². The van der Waals surface area contributed by atoms with Crippen LogP contribution in [-0.2, 0) is 16.0 Å². The summed E-state index contributed by atoms with van der Waals surface area (Å²) in [6.45, 7) is 10.3. The summed E-state index contributed by atoms with van der Waals surface area (Å²) >= 11 is 0. The zero-order chi connectivity index (χ0) is 23.0. The maximum atomic E-state index is 13.6. The smallest absolute Gasteiger partial charge is 0.193 e. The third kappa shape index (κ3) is 2.71. The number of benzene rings is 1. The van der Waals surface area contributed by atoms with Crippen molar-refractivity contribution in [2.75, 3.05) is 0 Å². The van der Waals surface area contributed by atoms with E-state index in [4.69, 9.17) is 0 Å². The topological polar surface area (TPSA) is 112 Å². The van der Waals surface area contributed by atoms with Gasteiger partial charge in [-0.05, 0) is 74.8 Å². The Morgan fingerprint density at radius 1 is 1.16 bits per heavy atom. The van der Waals surface area contributed by atoms with Crippen molar-refractivity contribution in [1.29, 1.82) is 0 Å². The molecular weight excluding hydrogens is 396 g/mol. The summed E-state index contributed by atoms with van der Waals surface area (Å²) < 4.78 is 0. The second-order valence-corrected chi connectivity index (χ2v) is 9.10. The van der Waals surface area contributed by atoms with Crippen molar-refractivity contribution in [3.05, 3.63) is 57.4 Å². The lowest BCUT2D eigenvalue weighted by molar-refractivity contribution is -0.126. The van der Waals surface area contributed by atoms with Crippen LogP contribution in [0.4, 0.5) is 0 Å². The number of hydrogen-bond acceptors (Lipinski definition) is 6. The molecule has 0 fully saturated rings. The molecule has 0 saturated heterocycles. The minimum Gasteiger partial charge on any atom is -0.508 e. The number of phenols is 1. The molecule has 0 radical (unpaired) electrons. The van der Waals surface area contributed by atoms with Gasteiger partial charge in [0.15, 0.2) is 17.3 Å². The van der Waals surface area contributed by atoms with Crippen molar-refractivity contribution in [1.82, 2.24) is 0 Å². The van der Waals surface area contributed by atoms with Crippen molar-refractivity contribution in [2.24, 2.45) is 11.8 Å². The molecule has 162 valence electrons. The summed E-state index contributed by atoms with van der Waals surface area (Å²) in [7, 11) is 0. The monoisotopic (exact) mass is 422 g/mol. The Kier molecular flexibility index (Phi) is 4.63. The molecule has 0 amide bonds. The maximum absolute atomic E-state index is 13.6. The van der Waals surface area contributed by atoms with Gasteiger partial charge in [0.05, 0.1) is 5.56 Å². The molecule has 1 aromatic carbocycles. The number of ketones is 3. The van der Waals surface area contributed by atoms with Crippen molar-refractivity contribution in [3.8, 4) is 5.75 Å². The van der Waals surface area contributed by atoms with Crippen LogP contribution in [0.3, 0.4) is 0 Å². The molecule has 0 bridgehead atoms. The first kappa shape index (κ1) is 21.2. The molecule has 0 saturated carbocycles. The standard InChI is InChI=1S/C25H26O6/c1-10(2)16-6-11(3)22(28)21-17(16)8-14-7-15-9-18(27)20(13(5)26)24(30)25(15,31)12(4)19(14)23(21)29/h6,14-15,28,30-31H,1,7-9H2,2-5H3/t14-,15+,25-/m0/s1. The van der Waals surface area contributed by atoms with Crippen LogP contribution in [-0.4, -0.2) is 38.3 Å². The van der Waals surface area contributed by atoms with Crippen LogP contribution < -0.4 is 0 Å². The zero-order valence-corrected chi connectivity index (χ0v) is 18.1. The second-order valence-electron chi connectivity index (χ2n) is 9.10. The Hall–Kier alpha value is -2.99. The van der Waals surface area contributed by atoms with Crippen molar-refractivity contribution >= 4 is 22.9 Å². The van der Waals surface area contributed by atoms with Gasteiger partial charge in [-0.2, -0.15) is 0 Å². The minimum absolute atomic E-state index is 0.0792. The van der Waals surface area contributed by atoms with Crippen LogP contribution >= 0.6 is 0 Å². The van der Waals surface area contributed by atoms with E-state index in [2.05, 4.69) is 6.58 Å². The van der Waals surface area contributed by atoms with Gasteiger partial charge in [0.2, 0.25) is 0 Å². The third-order valence-corrected chi connectivity index (χ3v) is 7.18. The number of carbonyl (C=O) groups excluding carboxylic acids is 3. The molecule has 0 spiro atoms. The highest BCUT2D eigenvalue weighted by atomic mass is 16.3. The first-order valence-electron chi connectivity index (χ1n) is 10.4. The Balaban J connectivity index is 1.99. The average molecular weight is 422 g/mol. The van der Waals surface area contributed by atoms with Crippen molar-refractivity contribution in [3.63, 3.8) is 0 Å². The van der Waals surface area contributed by atoms with Gasteiger partial charge < -0.3 is 15.3 Å². The molecule has 3 aliphatic rings. The molecule has 6 nitrogen and oxygen atoms in total. The fourth-order valence-corrected chi connectivity index (χ4v) is 5.67. The quantitative estimate of drug-likeness (QED) is 0.629. The zero-order valence-electron chi connectivity index (χ0n) is 18.1. The molecule has 0 unspecified atom stereocenters. The molecule has 1 aromatic rings. The Morgan fingerprint density at radius 2 is 1.81 bits per heavy atom. The molecule has 31 heavy (non-hydrogen) atoms. The number of aliphatic hydroxyl groups excluding tert-OH is 1. The highest BCUT2D eigenvalue weighted by molar-refractivity contribution is 6.21. The number of rotatable bonds is 2. The molecule has 0 heterocycles.